The highest BCUT2D eigenvalue weighted by Crippen LogP contribution is 2.27. The second kappa shape index (κ2) is 3.50. The van der Waals surface area contributed by atoms with Gasteiger partial charge in [-0.2, -0.15) is 0 Å². The number of hydrogen-bond acceptors (Lipinski definition) is 4. The quantitative estimate of drug-likeness (QED) is 0.776. The van der Waals surface area contributed by atoms with Crippen molar-refractivity contribution in [2.45, 2.75) is 32.1 Å². The molecule has 84 valence electrons. The molecule has 5 nitrogen and oxygen atoms in total. The van der Waals surface area contributed by atoms with Crippen molar-refractivity contribution in [3.63, 3.8) is 0 Å². The van der Waals surface area contributed by atoms with Gasteiger partial charge in [-0.05, 0) is 13.8 Å². The number of nitrogens with zero attached hydrogens (tertiary/aromatic N) is 2. The molecule has 2 heterocycles. The van der Waals surface area contributed by atoms with Crippen molar-refractivity contribution in [3.8, 4) is 6.01 Å². The van der Waals surface area contributed by atoms with E-state index in [-0.39, 0.29) is 6.10 Å². The molecule has 0 amide bonds. The average molecular weight is 212 g/mol. The van der Waals surface area contributed by atoms with Crippen LogP contribution in [0.2, 0.25) is 0 Å². The van der Waals surface area contributed by atoms with Gasteiger partial charge in [-0.25, -0.2) is 4.98 Å². The maximum atomic E-state index is 9.94. The van der Waals surface area contributed by atoms with E-state index in [2.05, 4.69) is 4.98 Å². The molecule has 1 aliphatic heterocycles. The molecular weight excluding hydrogens is 196 g/mol. The normalized spacial score (nSPS) is 20.9. The van der Waals surface area contributed by atoms with E-state index in [1.54, 1.807) is 27.2 Å². The van der Waals surface area contributed by atoms with E-state index in [4.69, 9.17) is 9.47 Å². The second-order valence-electron chi connectivity index (χ2n) is 4.26. The van der Waals surface area contributed by atoms with Crippen molar-refractivity contribution in [1.29, 1.82) is 0 Å². The molecule has 0 radical (unpaired) electrons. The van der Waals surface area contributed by atoms with Crippen molar-refractivity contribution >= 4 is 0 Å². The molecule has 0 saturated heterocycles. The number of imidazole rings is 1. The average Bonchev–Trinajstić information content (AvgIpc) is 2.59. The predicted octanol–water partition coefficient (Wildman–Crippen LogP) is 0.518. The van der Waals surface area contributed by atoms with Gasteiger partial charge in [0.25, 0.3) is 6.01 Å². The Hall–Kier alpha value is -1.07. The Labute approximate surface area is 88.6 Å². The van der Waals surface area contributed by atoms with Crippen LogP contribution < -0.4 is 4.74 Å². The van der Waals surface area contributed by atoms with E-state index < -0.39 is 5.60 Å². The van der Waals surface area contributed by atoms with Crippen LogP contribution >= 0.6 is 0 Å². The minimum atomic E-state index is -0.912. The molecule has 0 saturated carbocycles. The van der Waals surface area contributed by atoms with Crippen LogP contribution in [-0.2, 0) is 16.9 Å². The fourth-order valence-electron chi connectivity index (χ4n) is 1.71. The number of hydrogen-bond donors (Lipinski definition) is 1. The lowest BCUT2D eigenvalue weighted by Gasteiger charge is -2.27. The third kappa shape index (κ3) is 1.85. The summed E-state index contributed by atoms with van der Waals surface area (Å²) < 4.78 is 12.5. The molecule has 1 aliphatic rings. The molecule has 0 fully saturated rings. The minimum absolute atomic E-state index is 0.0211. The molecule has 15 heavy (non-hydrogen) atoms. The summed E-state index contributed by atoms with van der Waals surface area (Å²) in [6, 6.07) is 0.556. The van der Waals surface area contributed by atoms with Gasteiger partial charge in [0.1, 0.15) is 18.3 Å². The van der Waals surface area contributed by atoms with Gasteiger partial charge >= 0.3 is 0 Å². The van der Waals surface area contributed by atoms with Crippen molar-refractivity contribution in [3.05, 3.63) is 11.9 Å². The molecule has 1 aromatic rings. The zero-order chi connectivity index (χ0) is 11.1. The molecule has 0 unspecified atom stereocenters. The van der Waals surface area contributed by atoms with Gasteiger partial charge in [-0.1, -0.05) is 0 Å². The first-order valence-electron chi connectivity index (χ1n) is 4.96. The third-order valence-electron chi connectivity index (χ3n) is 2.56. The summed E-state index contributed by atoms with van der Waals surface area (Å²) in [6.07, 6.45) is 1.67. The van der Waals surface area contributed by atoms with E-state index in [0.29, 0.717) is 19.2 Å². The molecule has 0 aliphatic carbocycles. The maximum Gasteiger partial charge on any atom is 0.296 e. The van der Waals surface area contributed by atoms with Crippen LogP contribution in [0.4, 0.5) is 0 Å². The van der Waals surface area contributed by atoms with Gasteiger partial charge in [-0.15, -0.1) is 0 Å². The van der Waals surface area contributed by atoms with Gasteiger partial charge in [0.15, 0.2) is 0 Å². The summed E-state index contributed by atoms with van der Waals surface area (Å²) in [5, 5.41) is 9.94. The highest BCUT2D eigenvalue weighted by Gasteiger charge is 2.28. The van der Waals surface area contributed by atoms with Crippen molar-refractivity contribution in [2.75, 3.05) is 13.7 Å². The van der Waals surface area contributed by atoms with Crippen molar-refractivity contribution in [1.82, 2.24) is 9.55 Å². The molecule has 5 heteroatoms. The summed E-state index contributed by atoms with van der Waals surface area (Å²) in [4.78, 5) is 4.12. The van der Waals surface area contributed by atoms with Crippen LogP contribution in [0.3, 0.4) is 0 Å². The van der Waals surface area contributed by atoms with Crippen LogP contribution in [0.25, 0.3) is 0 Å². The Bertz CT molecular complexity index is 354. The zero-order valence-electron chi connectivity index (χ0n) is 9.23. The summed E-state index contributed by atoms with van der Waals surface area (Å²) in [6.45, 7) is 4.64. The number of aromatic nitrogens is 2. The van der Waals surface area contributed by atoms with Crippen LogP contribution in [0.15, 0.2) is 6.20 Å². The van der Waals surface area contributed by atoms with Crippen LogP contribution in [0.1, 0.15) is 19.5 Å². The third-order valence-corrected chi connectivity index (χ3v) is 2.56. The van der Waals surface area contributed by atoms with E-state index in [9.17, 15) is 5.11 Å². The Morgan fingerprint density at radius 3 is 3.00 bits per heavy atom. The zero-order valence-corrected chi connectivity index (χ0v) is 9.23. The predicted molar refractivity (Wildman–Crippen MR) is 53.8 cm³/mol. The summed E-state index contributed by atoms with van der Waals surface area (Å²) in [5.41, 5.74) is -0.163. The first kappa shape index (κ1) is 10.4. The molecule has 1 atom stereocenters. The van der Waals surface area contributed by atoms with Gasteiger partial charge in [0.2, 0.25) is 0 Å². The number of rotatable bonds is 2. The van der Waals surface area contributed by atoms with E-state index >= 15 is 0 Å². The standard InChI is InChI=1S/C10H16N2O3/c1-10(2,13)8-4-11-9-12(8)5-7(14-3)6-15-9/h4,7,13H,5-6H2,1-3H3/t7-/m0/s1. The van der Waals surface area contributed by atoms with Gasteiger partial charge in [0.05, 0.1) is 18.4 Å². The van der Waals surface area contributed by atoms with Crippen LogP contribution in [0, 0.1) is 0 Å². The summed E-state index contributed by atoms with van der Waals surface area (Å²) in [5.74, 6) is 0. The lowest BCUT2D eigenvalue weighted by Crippen LogP contribution is -2.34. The molecular formula is C10H16N2O3. The number of methoxy groups -OCH3 is 1. The molecule has 0 spiro atoms. The first-order valence-corrected chi connectivity index (χ1v) is 4.96. The van der Waals surface area contributed by atoms with E-state index in [1.807, 2.05) is 4.57 Å². The highest BCUT2D eigenvalue weighted by atomic mass is 16.5. The summed E-state index contributed by atoms with van der Waals surface area (Å²) >= 11 is 0. The SMILES string of the molecule is CO[C@@H]1COc2ncc(C(C)(C)O)n2C1. The van der Waals surface area contributed by atoms with Gasteiger partial charge in [-0.3, -0.25) is 4.57 Å². The lowest BCUT2D eigenvalue weighted by molar-refractivity contribution is 0.0104. The van der Waals surface area contributed by atoms with Crippen LogP contribution in [0.5, 0.6) is 6.01 Å². The molecule has 1 N–H and O–H groups in total. The smallest absolute Gasteiger partial charge is 0.296 e. The Morgan fingerprint density at radius 1 is 1.67 bits per heavy atom. The summed E-state index contributed by atoms with van der Waals surface area (Å²) in [7, 11) is 1.65. The molecule has 0 bridgehead atoms. The van der Waals surface area contributed by atoms with Gasteiger partial charge < -0.3 is 14.6 Å². The number of ether oxygens (including phenoxy) is 2. The van der Waals surface area contributed by atoms with E-state index in [1.165, 1.54) is 0 Å². The Morgan fingerprint density at radius 2 is 2.40 bits per heavy atom. The molecule has 1 aromatic heterocycles. The fraction of sp³-hybridized carbons (Fsp3) is 0.700. The Balaban J connectivity index is 2.34. The Kier molecular flexibility index (Phi) is 2.44. The maximum absolute atomic E-state index is 9.94. The fourth-order valence-corrected chi connectivity index (χ4v) is 1.71. The highest BCUT2D eigenvalue weighted by molar-refractivity contribution is 5.17. The first-order chi connectivity index (χ1) is 7.02. The van der Waals surface area contributed by atoms with E-state index in [0.717, 1.165) is 5.69 Å². The lowest BCUT2D eigenvalue weighted by atomic mass is 10.1. The van der Waals surface area contributed by atoms with Gasteiger partial charge in [0, 0.05) is 7.11 Å². The molecule has 2 rings (SSSR count). The van der Waals surface area contributed by atoms with Crippen molar-refractivity contribution in [2.24, 2.45) is 0 Å². The second-order valence-corrected chi connectivity index (χ2v) is 4.26. The van der Waals surface area contributed by atoms with Crippen LogP contribution in [-0.4, -0.2) is 34.5 Å². The largest absolute Gasteiger partial charge is 0.462 e. The number of fused-ring (bicyclic) bond motifs is 1. The van der Waals surface area contributed by atoms with Crippen molar-refractivity contribution < 1.29 is 14.6 Å². The monoisotopic (exact) mass is 212 g/mol. The topological polar surface area (TPSA) is 56.5 Å². The number of aliphatic hydroxyl groups is 1. The molecule has 0 aromatic carbocycles. The minimum Gasteiger partial charge on any atom is -0.462 e.